The van der Waals surface area contributed by atoms with Gasteiger partial charge in [-0.25, -0.2) is 0 Å². The molecule has 11 aromatic rings. The number of rotatable bonds is 7. The van der Waals surface area contributed by atoms with E-state index in [-0.39, 0.29) is 5.41 Å². The van der Waals surface area contributed by atoms with Crippen molar-refractivity contribution >= 4 is 84.9 Å². The van der Waals surface area contributed by atoms with E-state index in [1.807, 2.05) is 0 Å². The van der Waals surface area contributed by atoms with Crippen molar-refractivity contribution in [2.24, 2.45) is 0 Å². The summed E-state index contributed by atoms with van der Waals surface area (Å²) in [7, 11) is -2.08. The van der Waals surface area contributed by atoms with Crippen LogP contribution in [0.3, 0.4) is 0 Å². The van der Waals surface area contributed by atoms with Gasteiger partial charge in [0.15, 0.2) is 0 Å². The lowest BCUT2D eigenvalue weighted by molar-refractivity contribution is 0.660. The highest BCUT2D eigenvalue weighted by Crippen LogP contribution is 2.52. The number of fused-ring (bicyclic) bond motifs is 6. The van der Waals surface area contributed by atoms with Crippen LogP contribution in [-0.2, 0) is 5.41 Å². The Morgan fingerprint density at radius 2 is 0.909 bits per heavy atom. The van der Waals surface area contributed by atoms with E-state index in [0.717, 1.165) is 22.7 Å². The molecule has 3 heteroatoms. The van der Waals surface area contributed by atoms with Crippen LogP contribution in [0.5, 0.6) is 0 Å². The summed E-state index contributed by atoms with van der Waals surface area (Å²) in [5.74, 6) is 0. The summed E-state index contributed by atoms with van der Waals surface area (Å²) in [6.45, 7) is 9.80. The van der Waals surface area contributed by atoms with Crippen molar-refractivity contribution in [3.8, 4) is 33.4 Å². The molecule has 0 bridgehead atoms. The topological polar surface area (TPSA) is 6.48 Å². The Morgan fingerprint density at radius 1 is 0.364 bits per heavy atom. The van der Waals surface area contributed by atoms with Gasteiger partial charge in [0.1, 0.15) is 8.07 Å². The third kappa shape index (κ3) is 5.60. The van der Waals surface area contributed by atoms with Gasteiger partial charge in [-0.15, -0.1) is 0 Å². The normalized spacial score (nSPS) is 14.0. The summed E-state index contributed by atoms with van der Waals surface area (Å²) in [4.78, 5) is 5.06. The Hall–Kier alpha value is -7.72. The lowest BCUT2D eigenvalue weighted by Gasteiger charge is -2.33. The molecule has 0 radical (unpaired) electrons. The van der Waals surface area contributed by atoms with Gasteiger partial charge < -0.3 is 9.80 Å². The van der Waals surface area contributed by atoms with E-state index in [2.05, 4.69) is 255 Å². The van der Waals surface area contributed by atoms with E-state index in [0.29, 0.717) is 0 Å². The van der Waals surface area contributed by atoms with Gasteiger partial charge in [0.25, 0.3) is 0 Å². The molecule has 0 saturated carbocycles. The minimum absolute atomic E-state index is 0.136. The van der Waals surface area contributed by atoms with Crippen molar-refractivity contribution < 1.29 is 0 Å². The van der Waals surface area contributed by atoms with Crippen molar-refractivity contribution in [2.45, 2.75) is 32.4 Å². The Bertz CT molecular complexity index is 3720. The first kappa shape index (κ1) is 38.7. The van der Waals surface area contributed by atoms with Gasteiger partial charge in [-0.3, -0.25) is 0 Å². The first-order valence-electron chi connectivity index (χ1n) is 23.3. The third-order valence-corrected chi connectivity index (χ3v) is 18.5. The number of anilines is 6. The number of nitrogens with zero attached hydrogens (tertiary/aromatic N) is 2. The van der Waals surface area contributed by atoms with Gasteiger partial charge in [-0.2, -0.15) is 0 Å². The van der Waals surface area contributed by atoms with Gasteiger partial charge in [0.2, 0.25) is 0 Å². The molecule has 11 aromatic carbocycles. The first-order valence-corrected chi connectivity index (χ1v) is 26.3. The maximum absolute atomic E-state index is 2.55. The van der Waals surface area contributed by atoms with Gasteiger partial charge in [0.05, 0.1) is 11.4 Å². The summed E-state index contributed by atoms with van der Waals surface area (Å²) in [6.07, 6.45) is 0. The van der Waals surface area contributed by atoms with Crippen molar-refractivity contribution in [1.82, 2.24) is 0 Å². The number of hydrogen-bond acceptors (Lipinski definition) is 2. The molecule has 2 nitrogen and oxygen atoms in total. The summed E-state index contributed by atoms with van der Waals surface area (Å²) in [5, 5.41) is 10.5. The molecule has 0 atom stereocenters. The minimum Gasteiger partial charge on any atom is -0.310 e. The second-order valence-electron chi connectivity index (χ2n) is 19.3. The molecular weight excluding hydrogens is 813 g/mol. The fourth-order valence-corrected chi connectivity index (χ4v) is 15.3. The predicted molar refractivity (Wildman–Crippen MR) is 285 cm³/mol. The Balaban J connectivity index is 1.05. The zero-order chi connectivity index (χ0) is 44.3. The first-order chi connectivity index (χ1) is 32.3. The van der Waals surface area contributed by atoms with E-state index >= 15 is 0 Å². The van der Waals surface area contributed by atoms with E-state index in [1.165, 1.54) is 98.6 Å². The number of benzene rings is 11. The Kier molecular flexibility index (Phi) is 8.44. The van der Waals surface area contributed by atoms with Gasteiger partial charge in [-0.05, 0) is 131 Å². The lowest BCUT2D eigenvalue weighted by Crippen LogP contribution is -2.50. The third-order valence-electron chi connectivity index (χ3n) is 15.0. The quantitative estimate of drug-likeness (QED) is 0.116. The summed E-state index contributed by atoms with van der Waals surface area (Å²) in [6, 6.07) is 81.8. The minimum atomic E-state index is -2.08. The molecule has 0 fully saturated rings. The molecule has 314 valence electrons. The number of para-hydroxylation sites is 1. The predicted octanol–water partition coefficient (Wildman–Crippen LogP) is 16.3. The Morgan fingerprint density at radius 3 is 1.65 bits per heavy atom. The lowest BCUT2D eigenvalue weighted by atomic mass is 9.82. The SMILES string of the molecule is CC1(C)c2ccccc2-c2ccc(N(c3cccc(-c4ccccc4)c3)c3ccc4ccc5c(N(c6ccccc6)c6cccc7c6[Si](C)(C)c6ccccc6-7)ccc6ccc3c4c65)cc21. The van der Waals surface area contributed by atoms with Crippen LogP contribution >= 0.6 is 0 Å². The highest BCUT2D eigenvalue weighted by Gasteiger charge is 2.41. The van der Waals surface area contributed by atoms with Crippen molar-refractivity contribution in [3.63, 3.8) is 0 Å². The van der Waals surface area contributed by atoms with Crippen molar-refractivity contribution in [3.05, 3.63) is 230 Å². The summed E-state index contributed by atoms with van der Waals surface area (Å²) in [5.41, 5.74) is 17.5. The fourth-order valence-electron chi connectivity index (χ4n) is 11.9. The van der Waals surface area contributed by atoms with Crippen LogP contribution in [0.25, 0.3) is 65.7 Å². The molecule has 66 heavy (non-hydrogen) atoms. The van der Waals surface area contributed by atoms with Crippen LogP contribution in [0.2, 0.25) is 13.1 Å². The molecule has 1 aliphatic heterocycles. The van der Waals surface area contributed by atoms with Crippen LogP contribution in [0, 0.1) is 0 Å². The average molecular weight is 861 g/mol. The van der Waals surface area contributed by atoms with Gasteiger partial charge >= 0.3 is 0 Å². The summed E-state index contributed by atoms with van der Waals surface area (Å²) < 4.78 is 0. The molecular formula is C63H48N2Si. The van der Waals surface area contributed by atoms with Crippen LogP contribution in [0.1, 0.15) is 25.0 Å². The number of hydrogen-bond donors (Lipinski definition) is 0. The molecule has 0 spiro atoms. The van der Waals surface area contributed by atoms with E-state index in [9.17, 15) is 0 Å². The zero-order valence-corrected chi connectivity index (χ0v) is 38.7. The second kappa shape index (κ2) is 14.4. The molecule has 0 amide bonds. The Labute approximate surface area is 388 Å². The van der Waals surface area contributed by atoms with Crippen LogP contribution in [0.4, 0.5) is 34.1 Å². The molecule has 0 aromatic heterocycles. The highest BCUT2D eigenvalue weighted by molar-refractivity contribution is 7.04. The maximum atomic E-state index is 2.55. The highest BCUT2D eigenvalue weighted by atomic mass is 28.3. The average Bonchev–Trinajstić information content (AvgIpc) is 3.74. The smallest absolute Gasteiger partial charge is 0.116 e. The monoisotopic (exact) mass is 860 g/mol. The van der Waals surface area contributed by atoms with Crippen molar-refractivity contribution in [2.75, 3.05) is 9.80 Å². The van der Waals surface area contributed by atoms with E-state index < -0.39 is 8.07 Å². The van der Waals surface area contributed by atoms with E-state index in [4.69, 9.17) is 0 Å². The standard InChI is InChI=1S/C63H48N2Si/c1-63(2)54-26-13-11-23-48(54)49-36-33-47(40-55(49)63)64(46-22-15-19-44(39-46)41-17-7-5-8-18-41)56-37-31-42-30-35-53-57(38-32-43-29-34-52(56)60(42)61(43)53)65(45-20-9-6-10-21-45)58-27-16-25-51-50-24-12-14-28-59(50)66(3,4)62(51)58/h5-40H,1-4H3. The molecule has 0 saturated heterocycles. The molecule has 1 aliphatic carbocycles. The largest absolute Gasteiger partial charge is 0.310 e. The van der Waals surface area contributed by atoms with E-state index in [1.54, 1.807) is 0 Å². The van der Waals surface area contributed by atoms with Crippen LogP contribution < -0.4 is 20.2 Å². The van der Waals surface area contributed by atoms with Crippen molar-refractivity contribution in [1.29, 1.82) is 0 Å². The van der Waals surface area contributed by atoms with Gasteiger partial charge in [-0.1, -0.05) is 191 Å². The molecule has 0 unspecified atom stereocenters. The zero-order valence-electron chi connectivity index (χ0n) is 37.7. The molecule has 13 rings (SSSR count). The molecule has 2 aliphatic rings. The fraction of sp³-hybridized carbons (Fsp3) is 0.0794. The molecule has 1 heterocycles. The second-order valence-corrected chi connectivity index (χ2v) is 23.6. The van der Waals surface area contributed by atoms with Crippen LogP contribution in [-0.4, -0.2) is 8.07 Å². The maximum Gasteiger partial charge on any atom is 0.116 e. The van der Waals surface area contributed by atoms with Gasteiger partial charge in [0, 0.05) is 38.9 Å². The van der Waals surface area contributed by atoms with Crippen LogP contribution in [0.15, 0.2) is 218 Å². The summed E-state index contributed by atoms with van der Waals surface area (Å²) >= 11 is 0. The molecule has 0 N–H and O–H groups in total.